The minimum absolute atomic E-state index is 0.0247. The Morgan fingerprint density at radius 1 is 1.16 bits per heavy atom. The lowest BCUT2D eigenvalue weighted by molar-refractivity contribution is -0.138. The lowest BCUT2D eigenvalue weighted by Crippen LogP contribution is -2.44. The second-order valence-corrected chi connectivity index (χ2v) is 7.61. The van der Waals surface area contributed by atoms with Crippen LogP contribution < -0.4 is 5.32 Å². The second-order valence-electron chi connectivity index (χ2n) is 7.61. The van der Waals surface area contributed by atoms with Crippen LogP contribution in [0.2, 0.25) is 0 Å². The summed E-state index contributed by atoms with van der Waals surface area (Å²) in [4.78, 5) is 21.2. The van der Waals surface area contributed by atoms with Crippen LogP contribution in [0.3, 0.4) is 0 Å². The lowest BCUT2D eigenvalue weighted by atomic mass is 10.00. The van der Waals surface area contributed by atoms with E-state index in [1.165, 1.54) is 0 Å². The fraction of sp³-hybridized carbons (Fsp3) is 0.524. The van der Waals surface area contributed by atoms with Crippen molar-refractivity contribution >= 4 is 11.9 Å². The summed E-state index contributed by atoms with van der Waals surface area (Å²) in [6.45, 7) is 6.67. The van der Waals surface area contributed by atoms with Crippen LogP contribution in [-0.4, -0.2) is 52.7 Å². The van der Waals surface area contributed by atoms with Gasteiger partial charge in [0.1, 0.15) is 5.82 Å². The van der Waals surface area contributed by atoms with E-state index in [0.717, 1.165) is 44.1 Å². The van der Waals surface area contributed by atoms with Crippen molar-refractivity contribution in [2.45, 2.75) is 45.5 Å². The van der Waals surface area contributed by atoms with Crippen LogP contribution in [-0.2, 0) is 22.3 Å². The number of hydrogen-bond donors (Lipinski definition) is 3. The number of piperidine rings is 1. The molecule has 1 aromatic rings. The van der Waals surface area contributed by atoms with Gasteiger partial charge in [-0.15, -0.1) is 0 Å². The highest BCUT2D eigenvalue weighted by atomic mass is 19.4. The molecule has 6 nitrogen and oxygen atoms in total. The Hall–Kier alpha value is -2.46. The van der Waals surface area contributed by atoms with Crippen LogP contribution in [0.5, 0.6) is 0 Å². The number of benzene rings is 1. The predicted octanol–water partition coefficient (Wildman–Crippen LogP) is 3.77. The molecule has 2 rings (SSSR count). The third-order valence-corrected chi connectivity index (χ3v) is 4.54. The third kappa shape index (κ3) is 10.4. The highest BCUT2D eigenvalue weighted by molar-refractivity contribution is 5.89. The molecule has 0 atom stereocenters. The van der Waals surface area contributed by atoms with Crippen LogP contribution in [0.15, 0.2) is 30.4 Å². The number of rotatable bonds is 7. The number of hydrogen-bond acceptors (Lipinski definition) is 4. The first-order chi connectivity index (χ1) is 14.4. The number of aliphatic carboxylic acids is 2. The standard InChI is InChI=1S/C17H24F4N2.C4H4O4/c1-12(2)10-23(15-5-7-22-8-6-15)11-13-9-14(18)3-4-16(13)17(19,20)21;5-3(6)1-2-4(7)8/h3-4,9,12,15,22H,5-8,10-11H2,1-2H3;1-2H,(H,5,6)(H,7,8)/b;2-1+. The van der Waals surface area contributed by atoms with Crippen LogP contribution in [0, 0.1) is 11.7 Å². The molecule has 0 aromatic heterocycles. The summed E-state index contributed by atoms with van der Waals surface area (Å²) in [5.41, 5.74) is -0.710. The minimum atomic E-state index is -4.46. The quantitative estimate of drug-likeness (QED) is 0.435. The number of carboxylic acids is 2. The van der Waals surface area contributed by atoms with Gasteiger partial charge in [0.15, 0.2) is 0 Å². The third-order valence-electron chi connectivity index (χ3n) is 4.54. The molecule has 1 aliphatic rings. The van der Waals surface area contributed by atoms with Gasteiger partial charge in [0.2, 0.25) is 0 Å². The maximum Gasteiger partial charge on any atom is 0.416 e. The van der Waals surface area contributed by atoms with Gasteiger partial charge in [-0.1, -0.05) is 13.8 Å². The number of carbonyl (C=O) groups is 2. The van der Waals surface area contributed by atoms with E-state index in [0.29, 0.717) is 24.6 Å². The van der Waals surface area contributed by atoms with Crippen molar-refractivity contribution in [2.24, 2.45) is 5.92 Å². The molecule has 1 aromatic carbocycles. The Morgan fingerprint density at radius 2 is 1.71 bits per heavy atom. The fourth-order valence-corrected chi connectivity index (χ4v) is 3.31. The minimum Gasteiger partial charge on any atom is -0.478 e. The van der Waals surface area contributed by atoms with Crippen molar-refractivity contribution in [3.8, 4) is 0 Å². The molecule has 31 heavy (non-hydrogen) atoms. The summed E-state index contributed by atoms with van der Waals surface area (Å²) in [5, 5.41) is 18.9. The fourth-order valence-electron chi connectivity index (χ4n) is 3.31. The molecule has 3 N–H and O–H groups in total. The van der Waals surface area contributed by atoms with E-state index in [1.807, 2.05) is 13.8 Å². The van der Waals surface area contributed by atoms with E-state index < -0.39 is 29.5 Å². The molecular formula is C21H28F4N2O4. The lowest BCUT2D eigenvalue weighted by Gasteiger charge is -2.36. The average molecular weight is 448 g/mol. The zero-order valence-corrected chi connectivity index (χ0v) is 17.5. The van der Waals surface area contributed by atoms with Gasteiger partial charge in [-0.3, -0.25) is 4.90 Å². The van der Waals surface area contributed by atoms with Gasteiger partial charge >= 0.3 is 18.1 Å². The molecule has 1 aliphatic heterocycles. The largest absolute Gasteiger partial charge is 0.478 e. The molecule has 0 bridgehead atoms. The SMILES string of the molecule is CC(C)CN(Cc1cc(F)ccc1C(F)(F)F)C1CCNCC1.O=C(O)/C=C/C(=O)O. The van der Waals surface area contributed by atoms with Crippen LogP contribution in [0.25, 0.3) is 0 Å². The molecule has 0 unspecified atom stereocenters. The Labute approximate surface area is 178 Å². The van der Waals surface area contributed by atoms with Gasteiger partial charge in [0.05, 0.1) is 5.56 Å². The first-order valence-electron chi connectivity index (χ1n) is 9.84. The highest BCUT2D eigenvalue weighted by Crippen LogP contribution is 2.33. The maximum atomic E-state index is 13.5. The Balaban J connectivity index is 0.000000512. The van der Waals surface area contributed by atoms with E-state index >= 15 is 0 Å². The molecule has 174 valence electrons. The maximum absolute atomic E-state index is 13.5. The monoisotopic (exact) mass is 448 g/mol. The first-order valence-corrected chi connectivity index (χ1v) is 9.84. The van der Waals surface area contributed by atoms with Gasteiger partial charge in [-0.25, -0.2) is 14.0 Å². The second kappa shape index (κ2) is 12.4. The van der Waals surface area contributed by atoms with Gasteiger partial charge in [0.25, 0.3) is 0 Å². The van der Waals surface area contributed by atoms with Crippen molar-refractivity contribution in [1.82, 2.24) is 10.2 Å². The molecule has 0 saturated carbocycles. The smallest absolute Gasteiger partial charge is 0.416 e. The molecule has 1 saturated heterocycles. The van der Waals surface area contributed by atoms with Crippen molar-refractivity contribution < 1.29 is 37.4 Å². The van der Waals surface area contributed by atoms with E-state index in [4.69, 9.17) is 10.2 Å². The zero-order valence-electron chi connectivity index (χ0n) is 17.5. The first kappa shape index (κ1) is 26.6. The number of alkyl halides is 3. The topological polar surface area (TPSA) is 89.9 Å². The Kier molecular flexibility index (Phi) is 10.6. The summed E-state index contributed by atoms with van der Waals surface area (Å²) in [6.07, 6.45) is -1.53. The van der Waals surface area contributed by atoms with E-state index in [-0.39, 0.29) is 18.2 Å². The van der Waals surface area contributed by atoms with Crippen molar-refractivity contribution in [3.05, 3.63) is 47.3 Å². The molecule has 0 amide bonds. The predicted molar refractivity (Wildman–Crippen MR) is 107 cm³/mol. The molecule has 0 radical (unpaired) electrons. The van der Waals surface area contributed by atoms with Crippen LogP contribution >= 0.6 is 0 Å². The van der Waals surface area contributed by atoms with Crippen LogP contribution in [0.4, 0.5) is 17.6 Å². The Bertz CT molecular complexity index is 744. The summed E-state index contributed by atoms with van der Waals surface area (Å²) >= 11 is 0. The number of halogens is 4. The molecule has 0 aliphatic carbocycles. The number of nitrogens with one attached hydrogen (secondary N) is 1. The van der Waals surface area contributed by atoms with Gasteiger partial charge in [0, 0.05) is 31.3 Å². The average Bonchev–Trinajstić information content (AvgIpc) is 2.66. The Morgan fingerprint density at radius 3 is 2.16 bits per heavy atom. The van der Waals surface area contributed by atoms with E-state index in [9.17, 15) is 27.2 Å². The summed E-state index contributed by atoms with van der Waals surface area (Å²) < 4.78 is 53.0. The van der Waals surface area contributed by atoms with Crippen LogP contribution in [0.1, 0.15) is 37.8 Å². The summed E-state index contributed by atoms with van der Waals surface area (Å²) in [5.74, 6) is -2.80. The number of nitrogens with zero attached hydrogens (tertiary/aromatic N) is 1. The van der Waals surface area contributed by atoms with Crippen molar-refractivity contribution in [3.63, 3.8) is 0 Å². The number of carboxylic acid groups (broad SMARTS) is 2. The highest BCUT2D eigenvalue weighted by Gasteiger charge is 2.34. The zero-order chi connectivity index (χ0) is 23.6. The van der Waals surface area contributed by atoms with Gasteiger partial charge in [-0.2, -0.15) is 13.2 Å². The molecule has 10 heteroatoms. The van der Waals surface area contributed by atoms with Gasteiger partial charge < -0.3 is 15.5 Å². The summed E-state index contributed by atoms with van der Waals surface area (Å²) in [6, 6.07) is 2.99. The van der Waals surface area contributed by atoms with Crippen molar-refractivity contribution in [2.75, 3.05) is 19.6 Å². The molecule has 1 fully saturated rings. The molecule has 1 heterocycles. The molecular weight excluding hydrogens is 420 g/mol. The summed E-state index contributed by atoms with van der Waals surface area (Å²) in [7, 11) is 0. The van der Waals surface area contributed by atoms with Crippen molar-refractivity contribution in [1.29, 1.82) is 0 Å². The normalized spacial score (nSPS) is 15.2. The van der Waals surface area contributed by atoms with E-state index in [1.54, 1.807) is 0 Å². The molecule has 0 spiro atoms. The van der Waals surface area contributed by atoms with E-state index in [2.05, 4.69) is 10.2 Å². The van der Waals surface area contributed by atoms with Gasteiger partial charge in [-0.05, 0) is 55.6 Å².